The van der Waals surface area contributed by atoms with E-state index in [-0.39, 0.29) is 36.4 Å². The molecule has 0 unspecified atom stereocenters. The molecule has 1 aromatic heterocycles. The lowest BCUT2D eigenvalue weighted by Gasteiger charge is -2.39. The Balaban J connectivity index is 1.55. The van der Waals surface area contributed by atoms with Crippen LogP contribution in [0.2, 0.25) is 0 Å². The Bertz CT molecular complexity index is 1230. The van der Waals surface area contributed by atoms with Crippen LogP contribution in [0.4, 0.5) is 5.69 Å². The fourth-order valence-electron chi connectivity index (χ4n) is 5.12. The van der Waals surface area contributed by atoms with Crippen LogP contribution in [-0.4, -0.2) is 70.0 Å². The van der Waals surface area contributed by atoms with Crippen molar-refractivity contribution >= 4 is 17.5 Å². The topological polar surface area (TPSA) is 98.7 Å². The van der Waals surface area contributed by atoms with E-state index in [4.69, 9.17) is 0 Å². The number of aliphatic hydroxyl groups excluding tert-OH is 1. The zero-order valence-electron chi connectivity index (χ0n) is 19.2. The Morgan fingerprint density at radius 2 is 1.97 bits per heavy atom. The van der Waals surface area contributed by atoms with Crippen molar-refractivity contribution in [2.45, 2.75) is 18.5 Å². The van der Waals surface area contributed by atoms with Gasteiger partial charge in [0.1, 0.15) is 5.69 Å². The monoisotopic (exact) mass is 457 g/mol. The van der Waals surface area contributed by atoms with E-state index in [1.165, 1.54) is 12.4 Å². The molecule has 1 fully saturated rings. The molecule has 34 heavy (non-hydrogen) atoms. The first-order chi connectivity index (χ1) is 16.5. The van der Waals surface area contributed by atoms with Gasteiger partial charge in [-0.1, -0.05) is 18.2 Å². The molecule has 0 radical (unpaired) electrons. The number of likely N-dealkylation sites (tertiary alicyclic amines) is 1. The summed E-state index contributed by atoms with van der Waals surface area (Å²) in [5.74, 6) is -0.131. The van der Waals surface area contributed by atoms with Crippen molar-refractivity contribution in [1.29, 1.82) is 0 Å². The van der Waals surface area contributed by atoms with Crippen molar-refractivity contribution < 1.29 is 14.7 Å². The summed E-state index contributed by atoms with van der Waals surface area (Å²) in [5, 5.41) is 13.5. The molecule has 0 spiro atoms. The minimum absolute atomic E-state index is 0.00970. The van der Waals surface area contributed by atoms with Crippen molar-refractivity contribution in [2.75, 3.05) is 32.6 Å². The Labute approximate surface area is 198 Å². The predicted molar refractivity (Wildman–Crippen MR) is 128 cm³/mol. The van der Waals surface area contributed by atoms with Gasteiger partial charge < -0.3 is 20.2 Å². The van der Waals surface area contributed by atoms with Crippen molar-refractivity contribution in [3.05, 3.63) is 77.9 Å². The Morgan fingerprint density at radius 1 is 1.15 bits per heavy atom. The van der Waals surface area contributed by atoms with Crippen LogP contribution in [0.25, 0.3) is 11.1 Å². The second kappa shape index (κ2) is 8.87. The number of aromatic nitrogens is 2. The van der Waals surface area contributed by atoms with E-state index in [2.05, 4.69) is 21.4 Å². The quantitative estimate of drug-likeness (QED) is 0.625. The van der Waals surface area contributed by atoms with Crippen LogP contribution in [0, 0.1) is 5.92 Å². The van der Waals surface area contributed by atoms with Gasteiger partial charge in [-0.2, -0.15) is 0 Å². The molecule has 2 aromatic carbocycles. The van der Waals surface area contributed by atoms with E-state index in [0.29, 0.717) is 17.8 Å². The maximum Gasteiger partial charge on any atom is 0.274 e. The third-order valence-corrected chi connectivity index (χ3v) is 6.76. The SMILES string of the molecule is CN(C)C(=O)c1cccc(-c2ccc3c(c2)[C@H]2[C@H](CCN2C(=O)c2cnccn2)[C@@H](CO)N3)c1. The first kappa shape index (κ1) is 22.0. The summed E-state index contributed by atoms with van der Waals surface area (Å²) in [4.78, 5) is 37.5. The van der Waals surface area contributed by atoms with Gasteiger partial charge in [0.2, 0.25) is 0 Å². The summed E-state index contributed by atoms with van der Waals surface area (Å²) >= 11 is 0. The highest BCUT2D eigenvalue weighted by Gasteiger charge is 2.46. The number of fused-ring (bicyclic) bond motifs is 3. The maximum absolute atomic E-state index is 13.3. The lowest BCUT2D eigenvalue weighted by molar-refractivity contribution is 0.0694. The molecule has 2 aliphatic rings. The van der Waals surface area contributed by atoms with Crippen molar-refractivity contribution in [3.63, 3.8) is 0 Å². The maximum atomic E-state index is 13.3. The van der Waals surface area contributed by atoms with Crippen molar-refractivity contribution in [1.82, 2.24) is 19.8 Å². The number of nitrogens with one attached hydrogen (secondary N) is 1. The van der Waals surface area contributed by atoms with E-state index in [1.54, 1.807) is 25.2 Å². The highest BCUT2D eigenvalue weighted by molar-refractivity contribution is 5.95. The molecule has 8 heteroatoms. The standard InChI is InChI=1S/C26H27N5O3/c1-30(2)25(33)18-5-3-4-16(12-18)17-6-7-21-20(13-17)24-19(23(15-32)29-21)8-11-31(24)26(34)22-14-27-9-10-28-22/h3-7,9-10,12-14,19,23-24,29,32H,8,11,15H2,1-2H3/t19-,23-,24-/m1/s1. The highest BCUT2D eigenvalue weighted by Crippen LogP contribution is 2.47. The molecule has 0 aliphatic carbocycles. The smallest absolute Gasteiger partial charge is 0.274 e. The fraction of sp³-hybridized carbons (Fsp3) is 0.308. The lowest BCUT2D eigenvalue weighted by atomic mass is 9.82. The summed E-state index contributed by atoms with van der Waals surface area (Å²) in [5.41, 5.74) is 4.75. The number of hydrogen-bond donors (Lipinski definition) is 2. The van der Waals surface area contributed by atoms with Gasteiger partial charge in [0.05, 0.1) is 24.9 Å². The van der Waals surface area contributed by atoms with Gasteiger partial charge in [0.25, 0.3) is 11.8 Å². The summed E-state index contributed by atoms with van der Waals surface area (Å²) in [7, 11) is 3.47. The minimum Gasteiger partial charge on any atom is -0.394 e. The average molecular weight is 458 g/mol. The van der Waals surface area contributed by atoms with Crippen LogP contribution in [0.5, 0.6) is 0 Å². The molecule has 174 valence electrons. The largest absolute Gasteiger partial charge is 0.394 e. The van der Waals surface area contributed by atoms with E-state index < -0.39 is 0 Å². The predicted octanol–water partition coefficient (Wildman–Crippen LogP) is 2.84. The Morgan fingerprint density at radius 3 is 2.71 bits per heavy atom. The van der Waals surface area contributed by atoms with Crippen molar-refractivity contribution in [2.24, 2.45) is 5.92 Å². The van der Waals surface area contributed by atoms with E-state index >= 15 is 0 Å². The molecule has 1 saturated heterocycles. The van der Waals surface area contributed by atoms with Crippen LogP contribution in [0.15, 0.2) is 61.1 Å². The second-order valence-corrected chi connectivity index (χ2v) is 9.00. The Kier molecular flexibility index (Phi) is 5.75. The number of benzene rings is 2. The number of hydrogen-bond acceptors (Lipinski definition) is 6. The first-order valence-electron chi connectivity index (χ1n) is 11.4. The number of nitrogens with zero attached hydrogens (tertiary/aromatic N) is 4. The molecule has 3 atom stereocenters. The van der Waals surface area contributed by atoms with Gasteiger partial charge in [-0.3, -0.25) is 14.6 Å². The number of anilines is 1. The first-order valence-corrected chi connectivity index (χ1v) is 11.4. The van der Waals surface area contributed by atoms with Gasteiger partial charge in [-0.05, 0) is 47.4 Å². The fourth-order valence-corrected chi connectivity index (χ4v) is 5.12. The number of carbonyl (C=O) groups is 2. The molecule has 2 amide bonds. The van der Waals surface area contributed by atoms with Crippen LogP contribution < -0.4 is 5.32 Å². The third kappa shape index (κ3) is 3.80. The zero-order chi connectivity index (χ0) is 23.8. The van der Waals surface area contributed by atoms with Crippen LogP contribution in [-0.2, 0) is 0 Å². The number of rotatable bonds is 4. The number of amides is 2. The number of carbonyl (C=O) groups excluding carboxylic acids is 2. The summed E-state index contributed by atoms with van der Waals surface area (Å²) < 4.78 is 0. The second-order valence-electron chi connectivity index (χ2n) is 9.00. The summed E-state index contributed by atoms with van der Waals surface area (Å²) in [6.45, 7) is 0.573. The van der Waals surface area contributed by atoms with Crippen LogP contribution in [0.3, 0.4) is 0 Å². The highest BCUT2D eigenvalue weighted by atomic mass is 16.3. The van der Waals surface area contributed by atoms with E-state index in [1.807, 2.05) is 41.3 Å². The van der Waals surface area contributed by atoms with Crippen LogP contribution >= 0.6 is 0 Å². The normalized spacial score (nSPS) is 20.8. The van der Waals surface area contributed by atoms with E-state index in [0.717, 1.165) is 28.8 Å². The number of aliphatic hydroxyl groups is 1. The molecule has 2 aliphatic heterocycles. The van der Waals surface area contributed by atoms with Gasteiger partial charge in [0, 0.05) is 50.2 Å². The molecule has 5 rings (SSSR count). The molecule has 0 bridgehead atoms. The molecule has 3 heterocycles. The lowest BCUT2D eigenvalue weighted by Crippen LogP contribution is -2.43. The van der Waals surface area contributed by atoms with Gasteiger partial charge in [-0.15, -0.1) is 0 Å². The van der Waals surface area contributed by atoms with Gasteiger partial charge in [-0.25, -0.2) is 4.98 Å². The minimum atomic E-state index is -0.186. The third-order valence-electron chi connectivity index (χ3n) is 6.76. The van der Waals surface area contributed by atoms with Crippen molar-refractivity contribution in [3.8, 4) is 11.1 Å². The summed E-state index contributed by atoms with van der Waals surface area (Å²) in [6.07, 6.45) is 5.34. The van der Waals surface area contributed by atoms with E-state index in [9.17, 15) is 14.7 Å². The van der Waals surface area contributed by atoms with Gasteiger partial charge >= 0.3 is 0 Å². The molecule has 8 nitrogen and oxygen atoms in total. The van der Waals surface area contributed by atoms with Crippen LogP contribution in [0.1, 0.15) is 38.9 Å². The van der Waals surface area contributed by atoms with Gasteiger partial charge in [0.15, 0.2) is 0 Å². The summed E-state index contributed by atoms with van der Waals surface area (Å²) in [6, 6.07) is 13.3. The average Bonchev–Trinajstić information content (AvgIpc) is 3.33. The molecule has 2 N–H and O–H groups in total. The molecule has 0 saturated carbocycles. The Hall–Kier alpha value is -3.78. The molecule has 3 aromatic rings. The zero-order valence-corrected chi connectivity index (χ0v) is 19.2. The molecular formula is C26H27N5O3. The molecular weight excluding hydrogens is 430 g/mol.